The number of ketones is 3. The number of nitrogens with one attached hydrogen (secondary N) is 4. The van der Waals surface area contributed by atoms with Gasteiger partial charge in [-0.1, -0.05) is 133 Å². The Hall–Kier alpha value is -17.6. The molecule has 14 N–H and O–H groups in total. The first kappa shape index (κ1) is 110. The normalized spacial score (nSPS) is 10.2. The zero-order valence-electron chi connectivity index (χ0n) is 81.3. The van der Waals surface area contributed by atoms with Gasteiger partial charge in [0.1, 0.15) is 27.4 Å². The van der Waals surface area contributed by atoms with Crippen LogP contribution >= 0.6 is 34.0 Å². The van der Waals surface area contributed by atoms with E-state index in [0.29, 0.717) is 104 Å². The molecule has 0 saturated heterocycles. The lowest BCUT2D eigenvalue weighted by molar-refractivity contribution is -0.125. The zero-order valence-corrected chi connectivity index (χ0v) is 83.7. The monoisotopic (exact) mass is 1980 g/mol. The Morgan fingerprint density at radius 1 is 0.333 bits per heavy atom. The van der Waals surface area contributed by atoms with E-state index in [1.807, 2.05) is 165 Å². The fourth-order valence-corrected chi connectivity index (χ4v) is 18.0. The smallest absolute Gasteiger partial charge is 0.335 e. The molecule has 5 heterocycles. The van der Waals surface area contributed by atoms with Crippen molar-refractivity contribution in [2.75, 3.05) is 38.5 Å². The van der Waals surface area contributed by atoms with Gasteiger partial charge in [0.05, 0.1) is 98.9 Å². The summed E-state index contributed by atoms with van der Waals surface area (Å²) in [5.41, 5.74) is 41.0. The van der Waals surface area contributed by atoms with Gasteiger partial charge in [0.25, 0.3) is 11.8 Å². The number of anilines is 7. The minimum Gasteiger partial charge on any atom is -0.478 e. The van der Waals surface area contributed by atoms with Gasteiger partial charge in [-0.25, -0.2) is 43.1 Å². The molecule has 0 bridgehead atoms. The summed E-state index contributed by atoms with van der Waals surface area (Å²) < 4.78 is 3.94. The van der Waals surface area contributed by atoms with E-state index < -0.39 is 23.9 Å². The Morgan fingerprint density at radius 2 is 0.611 bits per heavy atom. The topological polar surface area (TPSA) is 444 Å². The van der Waals surface area contributed by atoms with Gasteiger partial charge in [0.15, 0.2) is 0 Å². The molecule has 0 radical (unpaired) electrons. The molecule has 0 saturated carbocycles. The molecule has 734 valence electrons. The van der Waals surface area contributed by atoms with E-state index in [0.717, 1.165) is 112 Å². The molecule has 15 rings (SSSR count). The van der Waals surface area contributed by atoms with E-state index in [-0.39, 0.29) is 64.1 Å². The van der Waals surface area contributed by atoms with Gasteiger partial charge in [0, 0.05) is 101 Å². The van der Waals surface area contributed by atoms with Crippen molar-refractivity contribution >= 4 is 154 Å². The molecule has 0 spiro atoms. The number of rotatable bonds is 27. The van der Waals surface area contributed by atoms with Crippen molar-refractivity contribution < 1.29 is 73.2 Å². The standard InChI is InChI=1S/C25H24N4O.C22H20N4O2S.C19H18N2O2.C16H14N2O3S.C14H12N2O2S.C11H12O3.C5H8O2/c1-17-22(18(2)29(28-17)21-8-4-3-5-9-21)16-19-12-14-20(15-13-19)25(30)27-24-11-7-6-10-23(24)26;1-13-19(29-22(20(13)24-3)25-14(2)27)12-15-8-10-16(11-9-15)21(28)26-18-7-5-4-6-17(18)23;1-13-18(12-15-8-10-16(11-9-15)19(22)23)14(2)21(20-13)17-6-4-3-5-7-17;1-9-13(22-15(14(9)17-3)18-10(2)19)8-11-4-6-12(7-5-11)16(20)21;1-8-11(19-13(15)12(8)16-2)7-9-3-5-10(6-4-9)14(17)18;1-8(12)2-3-9-4-6-10(7-5-9)11(13)14;1-4(6)3-5(2)7/h3-15H,16,26H2,1-2H3,(H,27,30);4-11H,12,23H2,1-2H3,(H,25,27)(H,26,28);3-11H,12H2,1-2H3,(H,22,23);4-7H,8H2,1-2H3,(H,18,19)(H,20,21);3-6H,7,15H2,1H3,(H,17,18);4-7H,2-3H2,1H3,(H,13,14);3H2,1-2H3. The third-order valence-corrected chi connectivity index (χ3v) is 25.7. The zero-order chi connectivity index (χ0) is 105. The molecule has 0 aliphatic heterocycles. The van der Waals surface area contributed by atoms with Gasteiger partial charge < -0.3 is 63.7 Å². The van der Waals surface area contributed by atoms with Crippen molar-refractivity contribution in [3.8, 4) is 11.4 Å². The number of nitrogens with two attached hydrogens (primary N) is 3. The quantitative estimate of drug-likeness (QED) is 0.0129. The summed E-state index contributed by atoms with van der Waals surface area (Å²) in [7, 11) is 0. The number of para-hydroxylation sites is 6. The average molecular weight is 1990 g/mol. The maximum Gasteiger partial charge on any atom is 0.335 e. The van der Waals surface area contributed by atoms with E-state index in [2.05, 4.69) is 66.9 Å². The molecule has 10 aromatic carbocycles. The number of benzene rings is 10. The Kier molecular flexibility index (Phi) is 40.4. The number of carbonyl (C=O) groups excluding carboxylic acids is 7. The van der Waals surface area contributed by atoms with Crippen LogP contribution in [0.4, 0.5) is 54.8 Å². The molecule has 4 amide bonds. The van der Waals surface area contributed by atoms with E-state index in [1.165, 1.54) is 72.8 Å². The lowest BCUT2D eigenvalue weighted by atomic mass is 10.0. The maximum absolute atomic E-state index is 12.5. The molecule has 0 fully saturated rings. The molecule has 0 unspecified atom stereocenters. The average Bonchev–Trinajstić information content (AvgIpc) is 1.67. The van der Waals surface area contributed by atoms with Crippen molar-refractivity contribution in [1.82, 2.24) is 19.6 Å². The van der Waals surface area contributed by atoms with Crippen LogP contribution in [0, 0.1) is 68.2 Å². The maximum atomic E-state index is 12.5. The number of aryl methyl sites for hydroxylation is 3. The first-order chi connectivity index (χ1) is 68.6. The van der Waals surface area contributed by atoms with Crippen LogP contribution in [0.2, 0.25) is 0 Å². The highest BCUT2D eigenvalue weighted by Crippen LogP contribution is 2.43. The number of nitrogen functional groups attached to an aromatic ring is 3. The first-order valence-corrected chi connectivity index (χ1v) is 47.4. The molecule has 29 nitrogen and oxygen atoms in total. The minimum absolute atomic E-state index is 0.0625. The van der Waals surface area contributed by atoms with Crippen molar-refractivity contribution in [2.45, 2.75) is 134 Å². The molecule has 32 heteroatoms. The summed E-state index contributed by atoms with van der Waals surface area (Å²) in [6.45, 7) is 42.7. The molecule has 144 heavy (non-hydrogen) atoms. The predicted octanol–water partition coefficient (Wildman–Crippen LogP) is 23.5. The SMILES string of the molecule is CC(=O)CC(C)=O.CC(=O)CCc1ccc(C(=O)O)cc1.Cc1nn(-c2ccccc2)c(C)c1Cc1ccc(C(=O)Nc2ccccc2N)cc1.Cc1nn(-c2ccccc2)c(C)c1Cc1ccc(C(=O)O)cc1.[C-]#[N+]c1c(N)sc(Cc2ccc(C(=O)O)cc2)c1C.[C-]#[N+]c1c(NC(C)=O)sc(Cc2ccc(C(=O)Nc3ccccc3N)cc2)c1C.[C-]#[N+]c1c(NC(C)=O)sc(Cc2ccc(C(=O)O)cc2)c1C. The van der Waals surface area contributed by atoms with Crippen LogP contribution in [0.15, 0.2) is 255 Å². The Morgan fingerprint density at radius 3 is 0.882 bits per heavy atom. The Balaban J connectivity index is 0.000000192. The van der Waals surface area contributed by atoms with E-state index in [4.69, 9.17) is 62.4 Å². The number of carboxylic acids is 4. The second kappa shape index (κ2) is 52.9. The van der Waals surface area contributed by atoms with E-state index >= 15 is 0 Å². The number of aromatic carboxylic acids is 4. The highest BCUT2D eigenvalue weighted by atomic mass is 32.1. The largest absolute Gasteiger partial charge is 0.478 e. The summed E-state index contributed by atoms with van der Waals surface area (Å²) in [5, 5.41) is 57.5. The van der Waals surface area contributed by atoms with Crippen molar-refractivity contribution in [3.05, 3.63) is 421 Å². The lowest BCUT2D eigenvalue weighted by Gasteiger charge is -2.09. The number of hydrogen-bond donors (Lipinski definition) is 11. The lowest BCUT2D eigenvalue weighted by Crippen LogP contribution is -2.13. The molecule has 15 aromatic rings. The highest BCUT2D eigenvalue weighted by Gasteiger charge is 2.23. The van der Waals surface area contributed by atoms with E-state index in [9.17, 15) is 52.7 Å². The predicted molar refractivity (Wildman–Crippen MR) is 568 cm³/mol. The third kappa shape index (κ3) is 32.0. The number of thiophene rings is 3. The first-order valence-electron chi connectivity index (χ1n) is 44.9. The number of nitrogens with zero attached hydrogens (tertiary/aromatic N) is 7. The second-order valence-electron chi connectivity index (χ2n) is 33.2. The number of aromatic nitrogens is 4. The second-order valence-corrected chi connectivity index (χ2v) is 36.5. The molecule has 0 aliphatic rings. The van der Waals surface area contributed by atoms with Crippen LogP contribution in [0.5, 0.6) is 0 Å². The third-order valence-electron chi connectivity index (χ3n) is 22.2. The number of hydrogen-bond acceptors (Lipinski definition) is 19. The summed E-state index contributed by atoms with van der Waals surface area (Å²) in [4.78, 5) is 135. The van der Waals surface area contributed by atoms with Gasteiger partial charge in [-0.05, 0) is 247 Å². The number of carbonyl (C=O) groups is 11. The van der Waals surface area contributed by atoms with Crippen LogP contribution in [0.1, 0.15) is 208 Å². The van der Waals surface area contributed by atoms with Crippen molar-refractivity contribution in [2.24, 2.45) is 0 Å². The van der Waals surface area contributed by atoms with Crippen LogP contribution in [-0.4, -0.2) is 105 Å². The molecular weight excluding hydrogens is 1880 g/mol. The van der Waals surface area contributed by atoms with Gasteiger partial charge in [-0.15, -0.1) is 34.0 Å². The molecule has 0 atom stereocenters. The molecule has 5 aromatic heterocycles. The van der Waals surface area contributed by atoms with Gasteiger partial charge >= 0.3 is 23.9 Å². The summed E-state index contributed by atoms with van der Waals surface area (Å²) in [5.74, 6) is -4.51. The van der Waals surface area contributed by atoms with Crippen molar-refractivity contribution in [3.63, 3.8) is 0 Å². The van der Waals surface area contributed by atoms with Crippen LogP contribution in [0.25, 0.3) is 25.9 Å². The van der Waals surface area contributed by atoms with Crippen molar-refractivity contribution in [1.29, 1.82) is 0 Å². The Labute approximate surface area is 846 Å². The summed E-state index contributed by atoms with van der Waals surface area (Å²) in [6, 6.07) is 76.5. The van der Waals surface area contributed by atoms with Gasteiger partial charge in [-0.3, -0.25) is 28.8 Å². The van der Waals surface area contributed by atoms with Gasteiger partial charge in [-0.2, -0.15) is 10.2 Å². The van der Waals surface area contributed by atoms with Crippen LogP contribution < -0.4 is 38.5 Å². The number of carboxylic acid groups (broad SMARTS) is 4. The summed E-state index contributed by atoms with van der Waals surface area (Å²) >= 11 is 4.21. The number of amides is 4. The molecule has 0 aliphatic carbocycles. The number of Topliss-reactive ketones (excluding diaryl/α,β-unsaturated/α-hetero) is 3. The van der Waals surface area contributed by atoms with E-state index in [1.54, 1.807) is 128 Å². The van der Waals surface area contributed by atoms with Crippen LogP contribution in [0.3, 0.4) is 0 Å². The highest BCUT2D eigenvalue weighted by molar-refractivity contribution is 7.18. The molecular formula is C112H108N14O15S3. The minimum atomic E-state index is -0.956. The van der Waals surface area contributed by atoms with Crippen LogP contribution in [-0.2, 0) is 62.5 Å². The Bertz CT molecular complexity index is 7280. The fraction of sp³-hybridized carbons (Fsp3) is 0.179. The summed E-state index contributed by atoms with van der Waals surface area (Å²) in [6.07, 6.45) is 4.64. The van der Waals surface area contributed by atoms with Gasteiger partial charge in [0.2, 0.25) is 28.9 Å². The fourth-order valence-electron chi connectivity index (χ4n) is 14.5.